The van der Waals surface area contributed by atoms with E-state index in [1.165, 1.54) is 6.92 Å². The molecule has 1 spiro atoms. The smallest absolute Gasteiger partial charge is 0.352 e. The molecular weight excluding hydrogens is 550 g/mol. The molecule has 2 heterocycles. The zero-order chi connectivity index (χ0) is 30.4. The second-order valence-electron chi connectivity index (χ2n) is 11.4. The third-order valence-electron chi connectivity index (χ3n) is 9.07. The number of carbonyl (C=O) groups is 4. The zero-order valence-corrected chi connectivity index (χ0v) is 23.9. The van der Waals surface area contributed by atoms with Crippen LogP contribution in [0.3, 0.4) is 0 Å². The molecule has 2 aliphatic heterocycles. The van der Waals surface area contributed by atoms with E-state index in [-0.39, 0.29) is 44.0 Å². The number of nitrogens with zero attached hydrogens (tertiary/aromatic N) is 1. The number of nitrogens with one attached hydrogen (secondary N) is 1. The van der Waals surface area contributed by atoms with Crippen LogP contribution in [0.15, 0.2) is 24.0 Å². The van der Waals surface area contributed by atoms with Gasteiger partial charge in [-0.15, -0.1) is 0 Å². The van der Waals surface area contributed by atoms with Crippen LogP contribution >= 0.6 is 0 Å². The Morgan fingerprint density at radius 2 is 2.02 bits per heavy atom. The van der Waals surface area contributed by atoms with E-state index in [4.69, 9.17) is 29.8 Å². The molecule has 6 atom stereocenters. The lowest BCUT2D eigenvalue weighted by Gasteiger charge is -2.61. The second-order valence-corrected chi connectivity index (χ2v) is 11.4. The minimum Gasteiger partial charge on any atom is -0.493 e. The van der Waals surface area contributed by atoms with Crippen molar-refractivity contribution in [2.45, 2.75) is 80.8 Å². The SMILES string of the molecule is COc1ccc2c3c1O[C@H]1C(OC(=O)[C@H](C)OC(=O)CCNC(=O)CC[C@H](N)C(=O)O)=CC[C@@]4(O)[C@@H](C2)N(C)CC[C@]314. The Kier molecular flexibility index (Phi) is 7.94. The third-order valence-corrected chi connectivity index (χ3v) is 9.07. The number of benzene rings is 1. The molecule has 228 valence electrons. The number of aliphatic hydroxyl groups is 1. The normalized spacial score (nSPS) is 28.4. The van der Waals surface area contributed by atoms with Crippen LogP contribution in [-0.4, -0.2) is 96.1 Å². The molecule has 5 rings (SSSR count). The van der Waals surface area contributed by atoms with E-state index in [0.717, 1.165) is 17.7 Å². The first-order valence-electron chi connectivity index (χ1n) is 14.1. The van der Waals surface area contributed by atoms with Gasteiger partial charge in [0.15, 0.2) is 23.7 Å². The minimum atomic E-state index is -1.24. The van der Waals surface area contributed by atoms with Crippen molar-refractivity contribution < 1.29 is 48.3 Å². The Morgan fingerprint density at radius 1 is 1.26 bits per heavy atom. The molecule has 0 unspecified atom stereocenters. The summed E-state index contributed by atoms with van der Waals surface area (Å²) in [6.07, 6.45) is 0.832. The summed E-state index contributed by atoms with van der Waals surface area (Å²) in [5.41, 5.74) is 5.38. The van der Waals surface area contributed by atoms with Crippen LogP contribution in [0.4, 0.5) is 0 Å². The highest BCUT2D eigenvalue weighted by molar-refractivity contribution is 5.81. The summed E-state index contributed by atoms with van der Waals surface area (Å²) in [6.45, 7) is 2.06. The fourth-order valence-electron chi connectivity index (χ4n) is 6.89. The number of methoxy groups -OCH3 is 1. The Bertz CT molecular complexity index is 1330. The first-order valence-corrected chi connectivity index (χ1v) is 14.1. The van der Waals surface area contributed by atoms with Crippen LogP contribution < -0.4 is 20.5 Å². The van der Waals surface area contributed by atoms with Crippen molar-refractivity contribution in [1.29, 1.82) is 0 Å². The van der Waals surface area contributed by atoms with Crippen molar-refractivity contribution in [3.8, 4) is 11.5 Å². The number of hydrogen-bond donors (Lipinski definition) is 4. The predicted molar refractivity (Wildman–Crippen MR) is 146 cm³/mol. The number of carboxylic acid groups (broad SMARTS) is 1. The fraction of sp³-hybridized carbons (Fsp3) is 0.586. The minimum absolute atomic E-state index is 0.0374. The van der Waals surface area contributed by atoms with Gasteiger partial charge >= 0.3 is 17.9 Å². The molecule has 1 fully saturated rings. The average Bonchev–Trinajstić information content (AvgIpc) is 3.30. The van der Waals surface area contributed by atoms with Gasteiger partial charge in [0.2, 0.25) is 5.91 Å². The average molecular weight is 588 g/mol. The number of amides is 1. The highest BCUT2D eigenvalue weighted by Crippen LogP contribution is 2.65. The molecule has 0 aromatic heterocycles. The van der Waals surface area contributed by atoms with Gasteiger partial charge in [-0.2, -0.15) is 0 Å². The number of likely N-dealkylation sites (N-methyl/N-ethyl adjacent to an activating group) is 1. The molecule has 1 amide bonds. The van der Waals surface area contributed by atoms with Gasteiger partial charge in [-0.3, -0.25) is 14.4 Å². The number of esters is 2. The molecule has 1 saturated heterocycles. The van der Waals surface area contributed by atoms with Crippen LogP contribution in [0.25, 0.3) is 0 Å². The van der Waals surface area contributed by atoms with Crippen molar-refractivity contribution in [2.75, 3.05) is 27.2 Å². The Morgan fingerprint density at radius 3 is 2.74 bits per heavy atom. The second kappa shape index (κ2) is 11.2. The van der Waals surface area contributed by atoms with Crippen LogP contribution in [0, 0.1) is 0 Å². The molecule has 13 nitrogen and oxygen atoms in total. The molecule has 42 heavy (non-hydrogen) atoms. The number of piperidine rings is 1. The van der Waals surface area contributed by atoms with Crippen LogP contribution in [0.5, 0.6) is 11.5 Å². The van der Waals surface area contributed by atoms with Crippen molar-refractivity contribution in [1.82, 2.24) is 10.2 Å². The summed E-state index contributed by atoms with van der Waals surface area (Å²) >= 11 is 0. The van der Waals surface area contributed by atoms with Crippen molar-refractivity contribution in [3.63, 3.8) is 0 Å². The van der Waals surface area contributed by atoms with Gasteiger partial charge in [0.1, 0.15) is 11.8 Å². The van der Waals surface area contributed by atoms with Crippen LogP contribution in [0.2, 0.25) is 0 Å². The Hall–Kier alpha value is -3.68. The van der Waals surface area contributed by atoms with Crippen molar-refractivity contribution in [3.05, 3.63) is 35.1 Å². The lowest BCUT2D eigenvalue weighted by atomic mass is 9.50. The maximum absolute atomic E-state index is 13.1. The van der Waals surface area contributed by atoms with E-state index < -0.39 is 53.1 Å². The number of ether oxygens (including phenoxy) is 4. The zero-order valence-electron chi connectivity index (χ0n) is 23.9. The van der Waals surface area contributed by atoms with Gasteiger partial charge in [-0.1, -0.05) is 6.07 Å². The van der Waals surface area contributed by atoms with Gasteiger partial charge in [0.05, 0.1) is 24.5 Å². The Labute approximate surface area is 242 Å². The molecule has 2 aliphatic carbocycles. The molecular formula is C29H37N3O10. The summed E-state index contributed by atoms with van der Waals surface area (Å²) in [4.78, 5) is 50.2. The highest BCUT2D eigenvalue weighted by atomic mass is 16.6. The molecule has 13 heteroatoms. The summed E-state index contributed by atoms with van der Waals surface area (Å²) in [5.74, 6) is -1.82. The first-order chi connectivity index (χ1) is 19.9. The number of aliphatic carboxylic acids is 1. The molecule has 1 aromatic carbocycles. The standard InChI is InChI=1S/C29H37N3O10/c1-15(40-22(34)9-12-31-21(33)7-5-17(30)26(35)36)27(37)41-19-8-10-29(38)20-14-16-4-6-18(39-3)24-23(16)28(29,25(19)42-24)11-13-32(20)2/h4,6,8,15,17,20,25,38H,5,7,9-14,30H2,1-3H3,(H,31,33)(H,35,36)/t15-,17-,20+,25-,28-,29+/m0/s1. The molecule has 5 N–H and O–H groups in total. The number of carboxylic acids is 1. The van der Waals surface area contributed by atoms with Gasteiger partial charge in [-0.25, -0.2) is 4.79 Å². The topological polar surface area (TPSA) is 187 Å². The maximum atomic E-state index is 13.1. The quantitative estimate of drug-likeness (QED) is 0.257. The number of carbonyl (C=O) groups excluding carboxylic acids is 3. The van der Waals surface area contributed by atoms with Crippen LogP contribution in [0.1, 0.15) is 50.2 Å². The van der Waals surface area contributed by atoms with E-state index in [2.05, 4.69) is 10.2 Å². The largest absolute Gasteiger partial charge is 0.493 e. The van der Waals surface area contributed by atoms with Gasteiger partial charge in [-0.05, 0) is 57.5 Å². The predicted octanol–water partition coefficient (Wildman–Crippen LogP) is 0.146. The first kappa shape index (κ1) is 29.8. The number of likely N-dealkylation sites (tertiary alicyclic amines) is 1. The lowest BCUT2D eigenvalue weighted by molar-refractivity contribution is -0.175. The molecule has 0 radical (unpaired) electrons. The molecule has 2 bridgehead atoms. The lowest BCUT2D eigenvalue weighted by Crippen LogP contribution is -2.74. The Balaban J connectivity index is 1.23. The number of rotatable bonds is 11. The van der Waals surface area contributed by atoms with E-state index in [9.17, 15) is 24.3 Å². The number of nitrogens with two attached hydrogens (primary N) is 1. The van der Waals surface area contributed by atoms with Crippen molar-refractivity contribution in [2.24, 2.45) is 5.73 Å². The molecule has 0 saturated carbocycles. The van der Waals surface area contributed by atoms with E-state index in [1.807, 2.05) is 19.2 Å². The van der Waals surface area contributed by atoms with Gasteiger partial charge in [0, 0.05) is 31.0 Å². The summed E-state index contributed by atoms with van der Waals surface area (Å²) in [5, 5.41) is 23.5. The third kappa shape index (κ3) is 4.78. The maximum Gasteiger partial charge on any atom is 0.352 e. The highest BCUT2D eigenvalue weighted by Gasteiger charge is 2.72. The molecule has 1 aromatic rings. The van der Waals surface area contributed by atoms with E-state index >= 15 is 0 Å². The van der Waals surface area contributed by atoms with Gasteiger partial charge < -0.3 is 45.1 Å². The number of hydrogen-bond acceptors (Lipinski definition) is 11. The summed E-state index contributed by atoms with van der Waals surface area (Å²) < 4.78 is 23.1. The van der Waals surface area contributed by atoms with Gasteiger partial charge in [0.25, 0.3) is 0 Å². The summed E-state index contributed by atoms with van der Waals surface area (Å²) in [7, 11) is 3.56. The van der Waals surface area contributed by atoms with E-state index in [1.54, 1.807) is 13.2 Å². The van der Waals surface area contributed by atoms with E-state index in [0.29, 0.717) is 24.3 Å². The van der Waals surface area contributed by atoms with Crippen LogP contribution in [-0.2, 0) is 40.5 Å². The summed E-state index contributed by atoms with van der Waals surface area (Å²) in [6, 6.07) is 2.57. The fourth-order valence-corrected chi connectivity index (χ4v) is 6.89. The van der Waals surface area contributed by atoms with Crippen molar-refractivity contribution >= 4 is 23.8 Å². The monoisotopic (exact) mass is 587 g/mol. The molecule has 4 aliphatic rings.